The second kappa shape index (κ2) is 8.58. The molecule has 0 unspecified atom stereocenters. The molecule has 0 atom stereocenters. The molecule has 1 amide bonds. The Hall–Kier alpha value is -4.86. The first-order valence-electron chi connectivity index (χ1n) is 10.3. The van der Waals surface area contributed by atoms with Gasteiger partial charge < -0.3 is 5.32 Å². The van der Waals surface area contributed by atoms with Gasteiger partial charge in [-0.2, -0.15) is 19.9 Å². The highest BCUT2D eigenvalue weighted by atomic mass is 19.1. The van der Waals surface area contributed by atoms with Gasteiger partial charge in [-0.3, -0.25) is 14.6 Å². The molecule has 3 aromatic heterocycles. The van der Waals surface area contributed by atoms with E-state index in [4.69, 9.17) is 0 Å². The number of H-pyrrole nitrogens is 1. The zero-order chi connectivity index (χ0) is 23.7. The fourth-order valence-corrected chi connectivity index (χ4v) is 3.43. The molecule has 34 heavy (non-hydrogen) atoms. The average molecular weight is 455 g/mol. The quantitative estimate of drug-likeness (QED) is 0.395. The van der Waals surface area contributed by atoms with Gasteiger partial charge in [-0.15, -0.1) is 0 Å². The second-order valence-electron chi connectivity index (χ2n) is 7.48. The summed E-state index contributed by atoms with van der Waals surface area (Å²) in [6, 6.07) is 16.7. The summed E-state index contributed by atoms with van der Waals surface area (Å²) in [4.78, 5) is 32.4. The predicted molar refractivity (Wildman–Crippen MR) is 125 cm³/mol. The lowest BCUT2D eigenvalue weighted by Gasteiger charge is -2.08. The van der Waals surface area contributed by atoms with Crippen molar-refractivity contribution in [3.8, 4) is 11.6 Å². The molecule has 10 heteroatoms. The molecule has 0 fully saturated rings. The number of fused-ring (bicyclic) bond motifs is 1. The van der Waals surface area contributed by atoms with Gasteiger partial charge in [0.2, 0.25) is 11.9 Å². The lowest BCUT2D eigenvalue weighted by Crippen LogP contribution is -2.18. The number of benzene rings is 2. The average Bonchev–Trinajstić information content (AvgIpc) is 3.42. The van der Waals surface area contributed by atoms with E-state index < -0.39 is 5.56 Å². The molecule has 5 aromatic rings. The van der Waals surface area contributed by atoms with Crippen LogP contribution in [0.4, 0.5) is 10.2 Å². The SMILES string of the molecule is Cc1cc(NC(=O)/C=C/c2ccccc2)n(-c2nc3c(cnn3-c3ccc(F)cc3)c(=O)[nH]2)n1. The summed E-state index contributed by atoms with van der Waals surface area (Å²) in [6.45, 7) is 1.76. The van der Waals surface area contributed by atoms with E-state index in [1.807, 2.05) is 30.3 Å². The molecular weight excluding hydrogens is 437 g/mol. The maximum atomic E-state index is 13.3. The minimum atomic E-state index is -0.428. The van der Waals surface area contributed by atoms with Crippen LogP contribution in [0.3, 0.4) is 0 Å². The number of nitrogens with one attached hydrogen (secondary N) is 2. The van der Waals surface area contributed by atoms with Crippen molar-refractivity contribution in [1.82, 2.24) is 29.5 Å². The number of anilines is 1. The number of carbonyl (C=O) groups is 1. The number of aromatic nitrogens is 6. The monoisotopic (exact) mass is 455 g/mol. The number of rotatable bonds is 5. The van der Waals surface area contributed by atoms with Crippen LogP contribution in [0.25, 0.3) is 28.7 Å². The molecule has 0 aliphatic carbocycles. The molecule has 2 aromatic carbocycles. The van der Waals surface area contributed by atoms with Crippen LogP contribution >= 0.6 is 0 Å². The Bertz CT molecular complexity index is 1580. The topological polar surface area (TPSA) is 110 Å². The van der Waals surface area contributed by atoms with Crippen molar-refractivity contribution < 1.29 is 9.18 Å². The van der Waals surface area contributed by atoms with E-state index in [9.17, 15) is 14.0 Å². The first-order valence-corrected chi connectivity index (χ1v) is 10.3. The third kappa shape index (κ3) is 4.11. The normalized spacial score (nSPS) is 11.4. The molecule has 168 valence electrons. The molecule has 0 spiro atoms. The van der Waals surface area contributed by atoms with Crippen molar-refractivity contribution in [3.05, 3.63) is 100 Å². The number of nitrogens with zero attached hydrogens (tertiary/aromatic N) is 5. The van der Waals surface area contributed by atoms with E-state index in [2.05, 4.69) is 25.5 Å². The van der Waals surface area contributed by atoms with Crippen molar-refractivity contribution in [2.75, 3.05) is 5.32 Å². The van der Waals surface area contributed by atoms with Gasteiger partial charge in [-0.05, 0) is 42.8 Å². The smallest absolute Gasteiger partial charge is 0.263 e. The van der Waals surface area contributed by atoms with Gasteiger partial charge in [0.15, 0.2) is 5.65 Å². The summed E-state index contributed by atoms with van der Waals surface area (Å²) in [5.74, 6) is -0.336. The number of halogens is 1. The molecule has 0 aliphatic rings. The van der Waals surface area contributed by atoms with Gasteiger partial charge in [0.05, 0.1) is 17.6 Å². The number of carbonyl (C=O) groups excluding carboxylic acids is 1. The number of aromatic amines is 1. The minimum absolute atomic E-state index is 0.0943. The molecule has 0 saturated carbocycles. The van der Waals surface area contributed by atoms with Gasteiger partial charge in [-0.1, -0.05) is 30.3 Å². The van der Waals surface area contributed by atoms with Crippen LogP contribution in [-0.2, 0) is 4.79 Å². The standard InChI is InChI=1S/C24H18FN7O2/c1-15-13-20(27-21(33)12-7-16-5-3-2-4-6-16)32(30-15)24-28-22-19(23(34)29-24)14-26-31(22)18-10-8-17(25)9-11-18/h2-14H,1H3,(H,27,33)(H,28,29,34)/b12-7+. The number of hydrogen-bond donors (Lipinski definition) is 2. The van der Waals surface area contributed by atoms with E-state index in [-0.39, 0.29) is 28.7 Å². The predicted octanol–water partition coefficient (Wildman–Crippen LogP) is 3.39. The molecule has 5 rings (SSSR count). The summed E-state index contributed by atoms with van der Waals surface area (Å²) < 4.78 is 16.1. The first-order chi connectivity index (χ1) is 16.5. The van der Waals surface area contributed by atoms with Gasteiger partial charge in [0.25, 0.3) is 5.56 Å². The third-order valence-electron chi connectivity index (χ3n) is 5.01. The summed E-state index contributed by atoms with van der Waals surface area (Å²) >= 11 is 0. The highest BCUT2D eigenvalue weighted by Crippen LogP contribution is 2.18. The molecule has 3 heterocycles. The molecular formula is C24H18FN7O2. The van der Waals surface area contributed by atoms with Crippen molar-refractivity contribution in [2.45, 2.75) is 6.92 Å². The Balaban J connectivity index is 1.51. The Labute approximate surface area is 192 Å². The summed E-state index contributed by atoms with van der Waals surface area (Å²) in [6.07, 6.45) is 4.49. The van der Waals surface area contributed by atoms with Crippen molar-refractivity contribution in [3.63, 3.8) is 0 Å². The first kappa shape index (κ1) is 21.0. The molecule has 0 aliphatic heterocycles. The fourth-order valence-electron chi connectivity index (χ4n) is 3.43. The van der Waals surface area contributed by atoms with Crippen LogP contribution in [0.2, 0.25) is 0 Å². The van der Waals surface area contributed by atoms with Crippen molar-refractivity contribution in [1.29, 1.82) is 0 Å². The van der Waals surface area contributed by atoms with E-state index in [1.165, 1.54) is 45.9 Å². The summed E-state index contributed by atoms with van der Waals surface area (Å²) in [5, 5.41) is 11.6. The van der Waals surface area contributed by atoms with Crippen LogP contribution in [0, 0.1) is 12.7 Å². The van der Waals surface area contributed by atoms with E-state index in [1.54, 1.807) is 19.1 Å². The molecule has 2 N–H and O–H groups in total. The Kier molecular flexibility index (Phi) is 5.30. The summed E-state index contributed by atoms with van der Waals surface area (Å²) in [5.41, 5.74) is 1.86. The largest absolute Gasteiger partial charge is 0.307 e. The van der Waals surface area contributed by atoms with Gasteiger partial charge >= 0.3 is 0 Å². The van der Waals surface area contributed by atoms with Crippen LogP contribution in [0.1, 0.15) is 11.3 Å². The molecule has 0 radical (unpaired) electrons. The Morgan fingerprint density at radius 3 is 2.62 bits per heavy atom. The highest BCUT2D eigenvalue weighted by Gasteiger charge is 2.16. The summed E-state index contributed by atoms with van der Waals surface area (Å²) in [7, 11) is 0. The van der Waals surface area contributed by atoms with Crippen LogP contribution in [0.5, 0.6) is 0 Å². The van der Waals surface area contributed by atoms with E-state index in [0.29, 0.717) is 17.2 Å². The number of hydrogen-bond acceptors (Lipinski definition) is 5. The zero-order valence-corrected chi connectivity index (χ0v) is 17.9. The molecule has 0 bridgehead atoms. The number of aryl methyl sites for hydroxylation is 1. The van der Waals surface area contributed by atoms with E-state index >= 15 is 0 Å². The minimum Gasteiger partial charge on any atom is -0.307 e. The van der Waals surface area contributed by atoms with Crippen LogP contribution < -0.4 is 10.9 Å². The van der Waals surface area contributed by atoms with Crippen LogP contribution in [0.15, 0.2) is 77.7 Å². The van der Waals surface area contributed by atoms with Gasteiger partial charge in [-0.25, -0.2) is 9.07 Å². The molecule has 9 nitrogen and oxygen atoms in total. The van der Waals surface area contributed by atoms with Crippen LogP contribution in [-0.4, -0.2) is 35.4 Å². The van der Waals surface area contributed by atoms with Gasteiger partial charge in [0.1, 0.15) is 17.0 Å². The van der Waals surface area contributed by atoms with Crippen molar-refractivity contribution in [2.24, 2.45) is 0 Å². The maximum absolute atomic E-state index is 13.3. The lowest BCUT2D eigenvalue weighted by molar-refractivity contribution is -0.111. The zero-order valence-electron chi connectivity index (χ0n) is 17.9. The number of amides is 1. The fraction of sp³-hybridized carbons (Fsp3) is 0.0417. The second-order valence-corrected chi connectivity index (χ2v) is 7.48. The lowest BCUT2D eigenvalue weighted by atomic mass is 10.2. The Morgan fingerprint density at radius 2 is 1.85 bits per heavy atom. The van der Waals surface area contributed by atoms with Gasteiger partial charge in [0, 0.05) is 12.1 Å². The Morgan fingerprint density at radius 1 is 1.09 bits per heavy atom. The maximum Gasteiger partial charge on any atom is 0.263 e. The van der Waals surface area contributed by atoms with Crippen molar-refractivity contribution >= 4 is 28.8 Å². The molecule has 0 saturated heterocycles. The third-order valence-corrected chi connectivity index (χ3v) is 5.01. The highest BCUT2D eigenvalue weighted by molar-refractivity contribution is 6.01. The van der Waals surface area contributed by atoms with E-state index in [0.717, 1.165) is 5.56 Å².